The van der Waals surface area contributed by atoms with Gasteiger partial charge in [-0.25, -0.2) is 0 Å². The zero-order valence-electron chi connectivity index (χ0n) is 8.78. The highest BCUT2D eigenvalue weighted by Gasteiger charge is 2.21. The first-order valence-electron chi connectivity index (χ1n) is 5.79. The summed E-state index contributed by atoms with van der Waals surface area (Å²) in [5.41, 5.74) is 5.84. The van der Waals surface area contributed by atoms with E-state index >= 15 is 0 Å². The minimum Gasteiger partial charge on any atom is -0.381 e. The minimum absolute atomic E-state index is 0.421. The standard InChI is InChI=1S/C11H21NO2/c12-10-1-3-11(4-2-10)14-8-9-5-6-13-7-9/h9-11H,1-8,12H2. The predicted molar refractivity (Wildman–Crippen MR) is 55.1 cm³/mol. The Bertz CT molecular complexity index is 161. The van der Waals surface area contributed by atoms with E-state index in [9.17, 15) is 0 Å². The normalized spacial score (nSPS) is 38.8. The van der Waals surface area contributed by atoms with Crippen LogP contribution in [0.5, 0.6) is 0 Å². The third-order valence-corrected chi connectivity index (χ3v) is 3.31. The van der Waals surface area contributed by atoms with E-state index < -0.39 is 0 Å². The molecule has 1 aliphatic carbocycles. The first-order chi connectivity index (χ1) is 6.84. The number of rotatable bonds is 3. The van der Waals surface area contributed by atoms with E-state index in [0.717, 1.165) is 45.5 Å². The number of hydrogen-bond donors (Lipinski definition) is 1. The molecule has 0 aromatic rings. The molecular weight excluding hydrogens is 178 g/mol. The summed E-state index contributed by atoms with van der Waals surface area (Å²) in [5.74, 6) is 0.644. The van der Waals surface area contributed by atoms with Crippen molar-refractivity contribution in [1.29, 1.82) is 0 Å². The van der Waals surface area contributed by atoms with Crippen LogP contribution in [0.3, 0.4) is 0 Å². The molecule has 0 radical (unpaired) electrons. The molecule has 0 aromatic heterocycles. The van der Waals surface area contributed by atoms with Crippen molar-refractivity contribution in [2.45, 2.75) is 44.2 Å². The van der Waals surface area contributed by atoms with Crippen molar-refractivity contribution in [2.75, 3.05) is 19.8 Å². The van der Waals surface area contributed by atoms with Gasteiger partial charge in [-0.3, -0.25) is 0 Å². The lowest BCUT2D eigenvalue weighted by Crippen LogP contribution is -2.31. The Balaban J connectivity index is 1.60. The number of hydrogen-bond acceptors (Lipinski definition) is 3. The molecule has 2 aliphatic rings. The Kier molecular flexibility index (Phi) is 3.79. The van der Waals surface area contributed by atoms with Gasteiger partial charge in [0.1, 0.15) is 0 Å². The van der Waals surface area contributed by atoms with E-state index in [0.29, 0.717) is 18.1 Å². The molecule has 1 saturated heterocycles. The third-order valence-electron chi connectivity index (χ3n) is 3.31. The minimum atomic E-state index is 0.421. The van der Waals surface area contributed by atoms with Crippen molar-refractivity contribution in [2.24, 2.45) is 11.7 Å². The second-order valence-electron chi connectivity index (χ2n) is 4.60. The van der Waals surface area contributed by atoms with Gasteiger partial charge < -0.3 is 15.2 Å². The van der Waals surface area contributed by atoms with E-state index in [4.69, 9.17) is 15.2 Å². The second kappa shape index (κ2) is 5.10. The van der Waals surface area contributed by atoms with Crippen molar-refractivity contribution >= 4 is 0 Å². The van der Waals surface area contributed by atoms with Gasteiger partial charge >= 0.3 is 0 Å². The molecule has 2 fully saturated rings. The summed E-state index contributed by atoms with van der Waals surface area (Å²) < 4.78 is 11.2. The molecule has 1 atom stereocenters. The highest BCUT2D eigenvalue weighted by atomic mass is 16.5. The molecule has 1 unspecified atom stereocenters. The fraction of sp³-hybridized carbons (Fsp3) is 1.00. The topological polar surface area (TPSA) is 44.5 Å². The van der Waals surface area contributed by atoms with E-state index in [1.165, 1.54) is 6.42 Å². The van der Waals surface area contributed by atoms with E-state index in [2.05, 4.69) is 0 Å². The second-order valence-corrected chi connectivity index (χ2v) is 4.60. The quantitative estimate of drug-likeness (QED) is 0.745. The Morgan fingerprint density at radius 3 is 2.57 bits per heavy atom. The molecule has 0 amide bonds. The van der Waals surface area contributed by atoms with Gasteiger partial charge in [-0.15, -0.1) is 0 Å². The van der Waals surface area contributed by atoms with E-state index in [1.807, 2.05) is 0 Å². The maximum Gasteiger partial charge on any atom is 0.0576 e. The summed E-state index contributed by atoms with van der Waals surface area (Å²) in [6, 6.07) is 0.421. The largest absolute Gasteiger partial charge is 0.381 e. The summed E-state index contributed by atoms with van der Waals surface area (Å²) in [6.45, 7) is 2.70. The van der Waals surface area contributed by atoms with Crippen LogP contribution in [0.15, 0.2) is 0 Å². The van der Waals surface area contributed by atoms with E-state index in [1.54, 1.807) is 0 Å². The maximum absolute atomic E-state index is 5.88. The van der Waals surface area contributed by atoms with Gasteiger partial charge in [0.2, 0.25) is 0 Å². The first kappa shape index (κ1) is 10.4. The maximum atomic E-state index is 5.88. The summed E-state index contributed by atoms with van der Waals surface area (Å²) in [4.78, 5) is 0. The lowest BCUT2D eigenvalue weighted by molar-refractivity contribution is 0.00346. The molecule has 2 rings (SSSR count). The van der Waals surface area contributed by atoms with E-state index in [-0.39, 0.29) is 0 Å². The van der Waals surface area contributed by atoms with Crippen LogP contribution in [0.25, 0.3) is 0 Å². The van der Waals surface area contributed by atoms with Gasteiger partial charge in [0, 0.05) is 18.6 Å². The van der Waals surface area contributed by atoms with Crippen LogP contribution in [0.1, 0.15) is 32.1 Å². The third kappa shape index (κ3) is 2.94. The summed E-state index contributed by atoms with van der Waals surface area (Å²) in [7, 11) is 0. The van der Waals surface area contributed by atoms with Crippen molar-refractivity contribution < 1.29 is 9.47 Å². The Labute approximate surface area is 85.9 Å². The Morgan fingerprint density at radius 1 is 1.14 bits per heavy atom. The van der Waals surface area contributed by atoms with Gasteiger partial charge in [-0.05, 0) is 32.1 Å². The molecule has 82 valence electrons. The smallest absolute Gasteiger partial charge is 0.0576 e. The van der Waals surface area contributed by atoms with Crippen LogP contribution in [-0.4, -0.2) is 32.0 Å². The zero-order valence-corrected chi connectivity index (χ0v) is 8.78. The molecule has 2 N–H and O–H groups in total. The molecule has 1 aliphatic heterocycles. The van der Waals surface area contributed by atoms with Crippen LogP contribution < -0.4 is 5.73 Å². The highest BCUT2D eigenvalue weighted by molar-refractivity contribution is 4.75. The van der Waals surface area contributed by atoms with Gasteiger partial charge in [0.15, 0.2) is 0 Å². The fourth-order valence-corrected chi connectivity index (χ4v) is 2.24. The molecular formula is C11H21NO2. The van der Waals surface area contributed by atoms with Crippen LogP contribution in [0.4, 0.5) is 0 Å². The van der Waals surface area contributed by atoms with Crippen LogP contribution in [-0.2, 0) is 9.47 Å². The molecule has 1 saturated carbocycles. The Hall–Kier alpha value is -0.120. The molecule has 3 heteroatoms. The van der Waals surface area contributed by atoms with Gasteiger partial charge in [-0.2, -0.15) is 0 Å². The molecule has 3 nitrogen and oxygen atoms in total. The average Bonchev–Trinajstić information content (AvgIpc) is 2.70. The molecule has 14 heavy (non-hydrogen) atoms. The summed E-state index contributed by atoms with van der Waals surface area (Å²) in [6.07, 6.45) is 6.20. The number of ether oxygens (including phenoxy) is 2. The Morgan fingerprint density at radius 2 is 1.93 bits per heavy atom. The van der Waals surface area contributed by atoms with Crippen LogP contribution >= 0.6 is 0 Å². The average molecular weight is 199 g/mol. The summed E-state index contributed by atoms with van der Waals surface area (Å²) in [5, 5.41) is 0. The lowest BCUT2D eigenvalue weighted by atomic mass is 9.93. The first-order valence-corrected chi connectivity index (χ1v) is 5.79. The van der Waals surface area contributed by atoms with Crippen molar-refractivity contribution in [3.63, 3.8) is 0 Å². The van der Waals surface area contributed by atoms with Crippen molar-refractivity contribution in [3.05, 3.63) is 0 Å². The summed E-state index contributed by atoms with van der Waals surface area (Å²) >= 11 is 0. The van der Waals surface area contributed by atoms with Crippen LogP contribution in [0, 0.1) is 5.92 Å². The highest BCUT2D eigenvalue weighted by Crippen LogP contribution is 2.21. The molecule has 0 aromatic carbocycles. The lowest BCUT2D eigenvalue weighted by Gasteiger charge is -2.26. The zero-order chi connectivity index (χ0) is 9.80. The van der Waals surface area contributed by atoms with Gasteiger partial charge in [0.05, 0.1) is 19.3 Å². The molecule has 0 spiro atoms. The number of nitrogens with two attached hydrogens (primary N) is 1. The van der Waals surface area contributed by atoms with Crippen molar-refractivity contribution in [3.8, 4) is 0 Å². The molecule has 1 heterocycles. The van der Waals surface area contributed by atoms with Gasteiger partial charge in [-0.1, -0.05) is 0 Å². The van der Waals surface area contributed by atoms with Gasteiger partial charge in [0.25, 0.3) is 0 Å². The fourth-order valence-electron chi connectivity index (χ4n) is 2.24. The predicted octanol–water partition coefficient (Wildman–Crippen LogP) is 1.31. The SMILES string of the molecule is NC1CCC(OCC2CCOC2)CC1. The van der Waals surface area contributed by atoms with Crippen LogP contribution in [0.2, 0.25) is 0 Å². The van der Waals surface area contributed by atoms with Crippen molar-refractivity contribution in [1.82, 2.24) is 0 Å². The monoisotopic (exact) mass is 199 g/mol. The molecule has 0 bridgehead atoms.